The molecule has 2 N–H and O–H groups in total. The highest BCUT2D eigenvalue weighted by Gasteiger charge is 2.22. The zero-order valence-corrected chi connectivity index (χ0v) is 13.9. The lowest BCUT2D eigenvalue weighted by atomic mass is 10.1. The molecule has 1 rings (SSSR count). The molecule has 0 aliphatic heterocycles. The van der Waals surface area contributed by atoms with E-state index in [9.17, 15) is 8.42 Å². The Morgan fingerprint density at radius 1 is 1.38 bits per heavy atom. The molecule has 0 amide bonds. The summed E-state index contributed by atoms with van der Waals surface area (Å²) in [6.07, 6.45) is 6.21. The molecule has 0 aliphatic rings. The van der Waals surface area contributed by atoms with Gasteiger partial charge in [0.25, 0.3) is 10.0 Å². The second-order valence-electron chi connectivity index (χ2n) is 5.96. The summed E-state index contributed by atoms with van der Waals surface area (Å²) < 4.78 is 32.4. The van der Waals surface area contributed by atoms with E-state index in [1.807, 2.05) is 27.7 Å². The van der Waals surface area contributed by atoms with Crippen molar-refractivity contribution in [1.82, 2.24) is 10.0 Å². The van der Waals surface area contributed by atoms with Gasteiger partial charge in [0.2, 0.25) is 5.09 Å². The van der Waals surface area contributed by atoms with Crippen molar-refractivity contribution in [3.8, 4) is 12.3 Å². The standard InChI is InChI=1S/C15H24N2O3S/c1-6-8-12(7-2)17-21(18,19)14-10-9-13(20-14)11-16-15(3,4)5/h1,9-10,12,16-17H,7-8,11H2,2-5H3. The van der Waals surface area contributed by atoms with Crippen LogP contribution in [0.3, 0.4) is 0 Å². The predicted octanol–water partition coefficient (Wildman–Crippen LogP) is 2.25. The molecule has 0 fully saturated rings. The fraction of sp³-hybridized carbons (Fsp3) is 0.600. The zero-order valence-electron chi connectivity index (χ0n) is 13.1. The summed E-state index contributed by atoms with van der Waals surface area (Å²) in [5, 5.41) is 3.16. The molecule has 0 aromatic carbocycles. The van der Waals surface area contributed by atoms with Gasteiger partial charge in [0.1, 0.15) is 5.76 Å². The van der Waals surface area contributed by atoms with Crippen LogP contribution in [-0.4, -0.2) is 20.0 Å². The fourth-order valence-electron chi connectivity index (χ4n) is 1.64. The lowest BCUT2D eigenvalue weighted by Gasteiger charge is -2.19. The first-order valence-electron chi connectivity index (χ1n) is 6.97. The maximum Gasteiger partial charge on any atom is 0.274 e. The Morgan fingerprint density at radius 2 is 2.05 bits per heavy atom. The molecular formula is C15H24N2O3S. The van der Waals surface area contributed by atoms with Gasteiger partial charge in [-0.15, -0.1) is 12.3 Å². The molecule has 0 bridgehead atoms. The molecule has 0 saturated heterocycles. The van der Waals surface area contributed by atoms with Crippen LogP contribution in [0.5, 0.6) is 0 Å². The van der Waals surface area contributed by atoms with Crippen molar-refractivity contribution < 1.29 is 12.8 Å². The summed E-state index contributed by atoms with van der Waals surface area (Å²) in [5.74, 6) is 3.05. The third kappa shape index (κ3) is 5.92. The Bertz CT molecular complexity index is 591. The first-order valence-corrected chi connectivity index (χ1v) is 8.46. The average molecular weight is 312 g/mol. The molecule has 0 saturated carbocycles. The predicted molar refractivity (Wildman–Crippen MR) is 83.2 cm³/mol. The Hall–Kier alpha value is -1.29. The number of terminal acetylenes is 1. The SMILES string of the molecule is C#CCC(CC)NS(=O)(=O)c1ccc(CNC(C)(C)C)o1. The highest BCUT2D eigenvalue weighted by molar-refractivity contribution is 7.89. The molecule has 1 aromatic rings. The van der Waals surface area contributed by atoms with E-state index in [0.29, 0.717) is 25.1 Å². The van der Waals surface area contributed by atoms with E-state index in [1.165, 1.54) is 6.07 Å². The minimum atomic E-state index is -3.67. The van der Waals surface area contributed by atoms with Gasteiger partial charge in [0, 0.05) is 18.0 Å². The summed E-state index contributed by atoms with van der Waals surface area (Å²) in [6, 6.07) is 2.85. The quantitative estimate of drug-likeness (QED) is 0.758. The van der Waals surface area contributed by atoms with Crippen LogP contribution in [0.2, 0.25) is 0 Å². The molecule has 1 aromatic heterocycles. The molecule has 0 radical (unpaired) electrons. The van der Waals surface area contributed by atoms with Crippen molar-refractivity contribution in [3.05, 3.63) is 17.9 Å². The van der Waals surface area contributed by atoms with Crippen LogP contribution < -0.4 is 10.0 Å². The van der Waals surface area contributed by atoms with Crippen molar-refractivity contribution in [1.29, 1.82) is 0 Å². The van der Waals surface area contributed by atoms with Gasteiger partial charge in [-0.1, -0.05) is 6.92 Å². The molecule has 21 heavy (non-hydrogen) atoms. The van der Waals surface area contributed by atoms with Gasteiger partial charge in [0.15, 0.2) is 0 Å². The summed E-state index contributed by atoms with van der Waals surface area (Å²) in [5.41, 5.74) is -0.0653. The average Bonchev–Trinajstić information content (AvgIpc) is 2.84. The topological polar surface area (TPSA) is 71.3 Å². The summed E-state index contributed by atoms with van der Waals surface area (Å²) in [7, 11) is -3.67. The molecule has 1 atom stereocenters. The normalized spacial score (nSPS) is 13.9. The maximum absolute atomic E-state index is 12.2. The van der Waals surface area contributed by atoms with Crippen LogP contribution in [0.25, 0.3) is 0 Å². The summed E-state index contributed by atoms with van der Waals surface area (Å²) in [4.78, 5) is 0. The van der Waals surface area contributed by atoms with Crippen molar-refractivity contribution in [2.75, 3.05) is 0 Å². The first kappa shape index (κ1) is 17.8. The van der Waals surface area contributed by atoms with E-state index < -0.39 is 10.0 Å². The summed E-state index contributed by atoms with van der Waals surface area (Å²) in [6.45, 7) is 8.44. The fourth-order valence-corrected chi connectivity index (χ4v) is 2.91. The minimum Gasteiger partial charge on any atom is -0.447 e. The van der Waals surface area contributed by atoms with Crippen LogP contribution in [0.15, 0.2) is 21.6 Å². The van der Waals surface area contributed by atoms with E-state index in [4.69, 9.17) is 10.8 Å². The lowest BCUT2D eigenvalue weighted by molar-refractivity contribution is 0.358. The second-order valence-corrected chi connectivity index (χ2v) is 7.60. The van der Waals surface area contributed by atoms with Crippen molar-refractivity contribution >= 4 is 10.0 Å². The Morgan fingerprint density at radius 3 is 2.57 bits per heavy atom. The van der Waals surface area contributed by atoms with E-state index in [0.717, 1.165) is 0 Å². The van der Waals surface area contributed by atoms with E-state index >= 15 is 0 Å². The van der Waals surface area contributed by atoms with Crippen LogP contribution in [0, 0.1) is 12.3 Å². The van der Waals surface area contributed by atoms with E-state index in [1.54, 1.807) is 6.07 Å². The third-order valence-electron chi connectivity index (χ3n) is 2.87. The van der Waals surface area contributed by atoms with Crippen LogP contribution in [0.4, 0.5) is 0 Å². The molecule has 6 heteroatoms. The number of hydrogen-bond acceptors (Lipinski definition) is 4. The Labute approximate surface area is 127 Å². The van der Waals surface area contributed by atoms with Gasteiger partial charge >= 0.3 is 0 Å². The minimum absolute atomic E-state index is 0.0653. The van der Waals surface area contributed by atoms with Crippen molar-refractivity contribution in [2.24, 2.45) is 0 Å². The van der Waals surface area contributed by atoms with Gasteiger partial charge in [-0.3, -0.25) is 0 Å². The molecule has 1 heterocycles. The molecule has 0 aliphatic carbocycles. The Balaban J connectivity index is 2.77. The van der Waals surface area contributed by atoms with Crippen molar-refractivity contribution in [3.63, 3.8) is 0 Å². The first-order chi connectivity index (χ1) is 9.68. The zero-order chi connectivity index (χ0) is 16.1. The smallest absolute Gasteiger partial charge is 0.274 e. The summed E-state index contributed by atoms with van der Waals surface area (Å²) >= 11 is 0. The van der Waals surface area contributed by atoms with E-state index in [-0.39, 0.29) is 16.7 Å². The molecule has 0 spiro atoms. The van der Waals surface area contributed by atoms with Gasteiger partial charge in [-0.2, -0.15) is 0 Å². The second kappa shape index (κ2) is 7.12. The number of furan rings is 1. The number of hydrogen-bond donors (Lipinski definition) is 2. The van der Waals surface area contributed by atoms with Crippen LogP contribution in [0.1, 0.15) is 46.3 Å². The van der Waals surface area contributed by atoms with Gasteiger partial charge in [-0.25, -0.2) is 13.1 Å². The van der Waals surface area contributed by atoms with Crippen LogP contribution in [-0.2, 0) is 16.6 Å². The highest BCUT2D eigenvalue weighted by atomic mass is 32.2. The lowest BCUT2D eigenvalue weighted by Crippen LogP contribution is -2.35. The third-order valence-corrected chi connectivity index (χ3v) is 4.27. The Kier molecular flexibility index (Phi) is 6.02. The molecule has 1 unspecified atom stereocenters. The van der Waals surface area contributed by atoms with E-state index in [2.05, 4.69) is 16.0 Å². The molecular weight excluding hydrogens is 288 g/mol. The van der Waals surface area contributed by atoms with Gasteiger partial charge in [-0.05, 0) is 39.3 Å². The highest BCUT2D eigenvalue weighted by Crippen LogP contribution is 2.16. The number of nitrogens with one attached hydrogen (secondary N) is 2. The van der Waals surface area contributed by atoms with Crippen LogP contribution >= 0.6 is 0 Å². The van der Waals surface area contributed by atoms with Gasteiger partial charge < -0.3 is 9.73 Å². The largest absolute Gasteiger partial charge is 0.447 e. The molecule has 118 valence electrons. The number of sulfonamides is 1. The maximum atomic E-state index is 12.2. The number of rotatable bonds is 7. The van der Waals surface area contributed by atoms with Crippen molar-refractivity contribution in [2.45, 2.75) is 63.8 Å². The van der Waals surface area contributed by atoms with Gasteiger partial charge in [0.05, 0.1) is 6.54 Å². The monoisotopic (exact) mass is 312 g/mol. The molecule has 5 nitrogen and oxygen atoms in total.